The van der Waals surface area contributed by atoms with Crippen LogP contribution in [0.25, 0.3) is 0 Å². The molecule has 2 unspecified atom stereocenters. The number of hydrogen-bond acceptors (Lipinski definition) is 8. The first-order valence-electron chi connectivity index (χ1n) is 13.0. The first kappa shape index (κ1) is 30.4. The molecule has 1 saturated heterocycles. The molecule has 1 fully saturated rings. The number of Topliss-reactive ketones (excluding diaryl/α,β-unsaturated/α-hetero) is 1. The topological polar surface area (TPSA) is 145 Å². The molecule has 1 aliphatic heterocycles. The van der Waals surface area contributed by atoms with Gasteiger partial charge in [-0.15, -0.1) is 0 Å². The van der Waals surface area contributed by atoms with Crippen molar-refractivity contribution in [2.45, 2.75) is 84.8 Å². The zero-order chi connectivity index (χ0) is 27.7. The number of nitrogens with two attached hydrogens (primary N) is 2. The fourth-order valence-electron chi connectivity index (χ4n) is 4.41. The van der Waals surface area contributed by atoms with E-state index in [1.165, 1.54) is 4.90 Å². The van der Waals surface area contributed by atoms with Gasteiger partial charge in [-0.1, -0.05) is 58.0 Å². The van der Waals surface area contributed by atoms with Gasteiger partial charge in [-0.2, -0.15) is 0 Å². The molecule has 0 bridgehead atoms. The van der Waals surface area contributed by atoms with Crippen molar-refractivity contribution < 1.29 is 28.7 Å². The van der Waals surface area contributed by atoms with Crippen molar-refractivity contribution in [1.29, 1.82) is 0 Å². The smallest absolute Gasteiger partial charge is 0.327 e. The second-order valence-electron chi connectivity index (χ2n) is 10.1. The molecule has 0 aromatic heterocycles. The van der Waals surface area contributed by atoms with E-state index in [9.17, 15) is 19.2 Å². The van der Waals surface area contributed by atoms with E-state index >= 15 is 0 Å². The molecule has 206 valence electrons. The van der Waals surface area contributed by atoms with Gasteiger partial charge in [0.2, 0.25) is 5.91 Å². The predicted molar refractivity (Wildman–Crippen MR) is 139 cm³/mol. The minimum Gasteiger partial charge on any atom is -0.461 e. The third kappa shape index (κ3) is 8.08. The SMILES string of the molecule is CCOC(N)C(=O)[C@H](C(C)C)N(C(=O)[C@@H](N)C(C)C)C(=O)N1CCCC1CC(=O)OCc1ccccc1. The van der Waals surface area contributed by atoms with Crippen LogP contribution in [0.2, 0.25) is 0 Å². The van der Waals surface area contributed by atoms with Crippen LogP contribution in [-0.2, 0) is 30.5 Å². The Labute approximate surface area is 219 Å². The van der Waals surface area contributed by atoms with E-state index in [2.05, 4.69) is 0 Å². The Hall–Kier alpha value is -2.82. The lowest BCUT2D eigenvalue weighted by molar-refractivity contribution is -0.146. The fraction of sp³-hybridized carbons (Fsp3) is 0.630. The highest BCUT2D eigenvalue weighted by Crippen LogP contribution is 2.26. The summed E-state index contributed by atoms with van der Waals surface area (Å²) < 4.78 is 10.7. The molecule has 1 aliphatic rings. The summed E-state index contributed by atoms with van der Waals surface area (Å²) in [6.45, 7) is 9.38. The average Bonchev–Trinajstić information content (AvgIpc) is 3.32. The minimum absolute atomic E-state index is 0.0183. The number of amides is 3. The van der Waals surface area contributed by atoms with E-state index in [1.807, 2.05) is 30.3 Å². The summed E-state index contributed by atoms with van der Waals surface area (Å²) in [5.74, 6) is -2.39. The summed E-state index contributed by atoms with van der Waals surface area (Å²) in [6.07, 6.45) is -0.0869. The van der Waals surface area contributed by atoms with Crippen LogP contribution in [0, 0.1) is 11.8 Å². The molecule has 1 aromatic carbocycles. The van der Waals surface area contributed by atoms with Gasteiger partial charge in [0.05, 0.1) is 12.5 Å². The third-order valence-electron chi connectivity index (χ3n) is 6.54. The van der Waals surface area contributed by atoms with E-state index in [0.717, 1.165) is 10.5 Å². The number of nitrogens with zero attached hydrogens (tertiary/aromatic N) is 2. The maximum absolute atomic E-state index is 13.9. The third-order valence-corrected chi connectivity index (χ3v) is 6.54. The monoisotopic (exact) mass is 518 g/mol. The zero-order valence-electron chi connectivity index (χ0n) is 22.6. The number of carbonyl (C=O) groups is 4. The number of rotatable bonds is 12. The molecule has 4 N–H and O–H groups in total. The van der Waals surface area contributed by atoms with Crippen LogP contribution in [0.5, 0.6) is 0 Å². The van der Waals surface area contributed by atoms with Gasteiger partial charge in [0, 0.05) is 19.2 Å². The highest BCUT2D eigenvalue weighted by atomic mass is 16.5. The Morgan fingerprint density at radius 1 is 1.05 bits per heavy atom. The van der Waals surface area contributed by atoms with Gasteiger partial charge in [-0.3, -0.25) is 25.0 Å². The Balaban J connectivity index is 2.28. The first-order chi connectivity index (χ1) is 17.5. The molecule has 0 radical (unpaired) electrons. The quantitative estimate of drug-likeness (QED) is 0.317. The normalized spacial score (nSPS) is 18.0. The molecule has 3 amide bonds. The zero-order valence-corrected chi connectivity index (χ0v) is 22.6. The van der Waals surface area contributed by atoms with Crippen molar-refractivity contribution in [1.82, 2.24) is 9.80 Å². The molecule has 10 nitrogen and oxygen atoms in total. The Kier molecular flexibility index (Phi) is 11.7. The maximum Gasteiger partial charge on any atom is 0.327 e. The van der Waals surface area contributed by atoms with Crippen LogP contribution in [-0.4, -0.2) is 71.0 Å². The van der Waals surface area contributed by atoms with Gasteiger partial charge in [0.25, 0.3) is 0 Å². The standard InChI is InChI=1S/C27H42N4O6/c1-6-36-25(29)24(33)23(18(4)5)31(26(34)22(28)17(2)3)27(35)30-14-10-13-20(30)15-21(32)37-16-19-11-8-7-9-12-19/h7-9,11-12,17-18,20,22-23,25H,6,10,13-16,28-29H2,1-5H3/t20?,22-,23-,25?/m0/s1. The summed E-state index contributed by atoms with van der Waals surface area (Å²) in [5, 5.41) is 0. The number of carbonyl (C=O) groups excluding carboxylic acids is 4. The van der Waals surface area contributed by atoms with Crippen LogP contribution < -0.4 is 11.5 Å². The van der Waals surface area contributed by atoms with Gasteiger partial charge in [-0.05, 0) is 37.2 Å². The molecule has 4 atom stereocenters. The number of hydrogen-bond donors (Lipinski definition) is 2. The van der Waals surface area contributed by atoms with Gasteiger partial charge in [-0.25, -0.2) is 4.79 Å². The van der Waals surface area contributed by atoms with Crippen molar-refractivity contribution in [2.75, 3.05) is 13.2 Å². The van der Waals surface area contributed by atoms with Crippen LogP contribution in [0.15, 0.2) is 30.3 Å². The van der Waals surface area contributed by atoms with Crippen LogP contribution in [0.3, 0.4) is 0 Å². The highest BCUT2D eigenvalue weighted by Gasteiger charge is 2.45. The summed E-state index contributed by atoms with van der Waals surface area (Å²) in [5.41, 5.74) is 13.0. The number of urea groups is 1. The number of ketones is 1. The van der Waals surface area contributed by atoms with Crippen molar-refractivity contribution >= 4 is 23.7 Å². The Morgan fingerprint density at radius 2 is 1.70 bits per heavy atom. The van der Waals surface area contributed by atoms with Crippen molar-refractivity contribution in [3.8, 4) is 0 Å². The molecular formula is C27H42N4O6. The summed E-state index contributed by atoms with van der Waals surface area (Å²) in [7, 11) is 0. The summed E-state index contributed by atoms with van der Waals surface area (Å²) in [4.78, 5) is 55.7. The van der Waals surface area contributed by atoms with Gasteiger partial charge in [0.15, 0.2) is 12.0 Å². The van der Waals surface area contributed by atoms with Crippen molar-refractivity contribution in [3.05, 3.63) is 35.9 Å². The number of ether oxygens (including phenoxy) is 2. The molecule has 0 saturated carbocycles. The molecular weight excluding hydrogens is 476 g/mol. The molecule has 10 heteroatoms. The van der Waals surface area contributed by atoms with E-state index in [-0.39, 0.29) is 25.6 Å². The lowest BCUT2D eigenvalue weighted by Gasteiger charge is -2.38. The molecule has 2 rings (SSSR count). The highest BCUT2D eigenvalue weighted by molar-refractivity contribution is 6.03. The summed E-state index contributed by atoms with van der Waals surface area (Å²) >= 11 is 0. The lowest BCUT2D eigenvalue weighted by atomic mass is 9.94. The Bertz CT molecular complexity index is 923. The van der Waals surface area contributed by atoms with Crippen molar-refractivity contribution in [3.63, 3.8) is 0 Å². The predicted octanol–water partition coefficient (Wildman–Crippen LogP) is 2.43. The van der Waals surface area contributed by atoms with E-state index in [0.29, 0.717) is 19.4 Å². The van der Waals surface area contributed by atoms with Gasteiger partial charge >= 0.3 is 12.0 Å². The van der Waals surface area contributed by atoms with Gasteiger partial charge < -0.3 is 20.1 Å². The lowest BCUT2D eigenvalue weighted by Crippen LogP contribution is -2.62. The molecule has 0 spiro atoms. The number of imide groups is 1. The van der Waals surface area contributed by atoms with E-state index in [1.54, 1.807) is 34.6 Å². The maximum atomic E-state index is 13.9. The first-order valence-corrected chi connectivity index (χ1v) is 13.0. The fourth-order valence-corrected chi connectivity index (χ4v) is 4.41. The second kappa shape index (κ2) is 14.2. The largest absolute Gasteiger partial charge is 0.461 e. The van der Waals surface area contributed by atoms with E-state index < -0.39 is 54.0 Å². The number of benzene rings is 1. The van der Waals surface area contributed by atoms with Crippen molar-refractivity contribution in [2.24, 2.45) is 23.3 Å². The van der Waals surface area contributed by atoms with E-state index in [4.69, 9.17) is 20.9 Å². The molecule has 1 heterocycles. The molecule has 1 aromatic rings. The molecule has 0 aliphatic carbocycles. The van der Waals surface area contributed by atoms with Crippen LogP contribution in [0.4, 0.5) is 4.79 Å². The van der Waals surface area contributed by atoms with Gasteiger partial charge in [0.1, 0.15) is 12.6 Å². The van der Waals surface area contributed by atoms with Crippen LogP contribution in [0.1, 0.15) is 59.4 Å². The molecule has 37 heavy (non-hydrogen) atoms. The summed E-state index contributed by atoms with van der Waals surface area (Å²) in [6, 6.07) is 6.01. The minimum atomic E-state index is -1.29. The second-order valence-corrected chi connectivity index (χ2v) is 10.1. The number of likely N-dealkylation sites (tertiary alicyclic amines) is 1. The Morgan fingerprint density at radius 3 is 2.27 bits per heavy atom. The number of esters is 1. The van der Waals surface area contributed by atoms with Crippen LogP contribution >= 0.6 is 0 Å². The average molecular weight is 519 g/mol.